The molecular weight excluding hydrogens is 208 g/mol. The highest BCUT2D eigenvalue weighted by molar-refractivity contribution is 5.55. The van der Waals surface area contributed by atoms with Crippen LogP contribution in [-0.4, -0.2) is 19.0 Å². The van der Waals surface area contributed by atoms with E-state index in [4.69, 9.17) is 14.2 Å². The molecule has 1 aliphatic heterocycles. The van der Waals surface area contributed by atoms with Crippen LogP contribution in [0.15, 0.2) is 12.1 Å². The molecule has 0 aliphatic carbocycles. The van der Waals surface area contributed by atoms with Crippen LogP contribution in [-0.2, 0) is 0 Å². The molecule has 1 aliphatic rings. The van der Waals surface area contributed by atoms with Crippen molar-refractivity contribution in [1.29, 1.82) is 0 Å². The van der Waals surface area contributed by atoms with Gasteiger partial charge < -0.3 is 19.3 Å². The molecule has 1 aromatic rings. The zero-order valence-electron chi connectivity index (χ0n) is 9.53. The molecule has 1 unspecified atom stereocenters. The fraction of sp³-hybridized carbons (Fsp3) is 0.500. The lowest BCUT2D eigenvalue weighted by molar-refractivity contribution is 0.164. The van der Waals surface area contributed by atoms with Crippen LogP contribution < -0.4 is 14.2 Å². The Labute approximate surface area is 94.8 Å². The molecule has 0 radical (unpaired) electrons. The summed E-state index contributed by atoms with van der Waals surface area (Å²) in [6, 6.07) is 3.61. The van der Waals surface area contributed by atoms with Gasteiger partial charge >= 0.3 is 0 Å². The number of benzene rings is 1. The predicted molar refractivity (Wildman–Crippen MR) is 59.0 cm³/mol. The van der Waals surface area contributed by atoms with Gasteiger partial charge in [-0.25, -0.2) is 0 Å². The Morgan fingerprint density at radius 1 is 1.44 bits per heavy atom. The first-order chi connectivity index (χ1) is 7.76. The molecule has 0 saturated carbocycles. The van der Waals surface area contributed by atoms with Gasteiger partial charge in [0.1, 0.15) is 0 Å². The van der Waals surface area contributed by atoms with E-state index >= 15 is 0 Å². The second-order valence-corrected chi connectivity index (χ2v) is 3.76. The van der Waals surface area contributed by atoms with Crippen molar-refractivity contribution >= 4 is 0 Å². The predicted octanol–water partition coefficient (Wildman–Crippen LogP) is 2.26. The first-order valence-electron chi connectivity index (χ1n) is 5.41. The lowest BCUT2D eigenvalue weighted by Crippen LogP contribution is -1.98. The summed E-state index contributed by atoms with van der Waals surface area (Å²) in [5.74, 6) is 1.87. The molecule has 0 bridgehead atoms. The normalized spacial score (nSPS) is 14.9. The van der Waals surface area contributed by atoms with Crippen LogP contribution in [0.5, 0.6) is 17.2 Å². The molecule has 0 aromatic heterocycles. The zero-order valence-corrected chi connectivity index (χ0v) is 9.53. The molecule has 1 N–H and O–H groups in total. The van der Waals surface area contributed by atoms with Gasteiger partial charge in [0.05, 0.1) is 13.2 Å². The van der Waals surface area contributed by atoms with E-state index in [1.165, 1.54) is 0 Å². The Morgan fingerprint density at radius 3 is 2.94 bits per heavy atom. The summed E-state index contributed by atoms with van der Waals surface area (Å²) in [5.41, 5.74) is 0.808. The van der Waals surface area contributed by atoms with Crippen molar-refractivity contribution < 1.29 is 19.3 Å². The molecule has 0 fully saturated rings. The maximum Gasteiger partial charge on any atom is 0.231 e. The number of methoxy groups -OCH3 is 1. The molecule has 1 aromatic carbocycles. The SMILES string of the molecule is CCCC(O)c1cc(OC)c2c(c1)OCO2. The lowest BCUT2D eigenvalue weighted by Gasteiger charge is -2.12. The fourth-order valence-corrected chi connectivity index (χ4v) is 1.78. The Hall–Kier alpha value is -1.42. The third kappa shape index (κ3) is 1.93. The third-order valence-electron chi connectivity index (χ3n) is 2.63. The van der Waals surface area contributed by atoms with Gasteiger partial charge in [-0.3, -0.25) is 0 Å². The molecule has 16 heavy (non-hydrogen) atoms. The first kappa shape index (κ1) is 11.1. The van der Waals surface area contributed by atoms with E-state index in [2.05, 4.69) is 0 Å². The summed E-state index contributed by atoms with van der Waals surface area (Å²) in [6.07, 6.45) is 1.18. The summed E-state index contributed by atoms with van der Waals surface area (Å²) < 4.78 is 15.8. The first-order valence-corrected chi connectivity index (χ1v) is 5.41. The van der Waals surface area contributed by atoms with Crippen molar-refractivity contribution in [3.8, 4) is 17.2 Å². The maximum absolute atomic E-state index is 9.92. The molecular formula is C12H16O4. The number of hydrogen-bond donors (Lipinski definition) is 1. The van der Waals surface area contributed by atoms with Crippen LogP contribution in [0.3, 0.4) is 0 Å². The smallest absolute Gasteiger partial charge is 0.231 e. The second kappa shape index (κ2) is 4.61. The van der Waals surface area contributed by atoms with Gasteiger partial charge in [0.25, 0.3) is 0 Å². The molecule has 88 valence electrons. The largest absolute Gasteiger partial charge is 0.493 e. The number of aliphatic hydroxyl groups is 1. The van der Waals surface area contributed by atoms with Crippen LogP contribution in [0.2, 0.25) is 0 Å². The van der Waals surface area contributed by atoms with Crippen LogP contribution in [0.4, 0.5) is 0 Å². The van der Waals surface area contributed by atoms with E-state index in [0.29, 0.717) is 17.2 Å². The van der Waals surface area contributed by atoms with Crippen LogP contribution in [0.25, 0.3) is 0 Å². The van der Waals surface area contributed by atoms with Crippen molar-refractivity contribution in [2.45, 2.75) is 25.9 Å². The minimum Gasteiger partial charge on any atom is -0.493 e. The van der Waals surface area contributed by atoms with Gasteiger partial charge in [-0.1, -0.05) is 13.3 Å². The van der Waals surface area contributed by atoms with Crippen molar-refractivity contribution in [1.82, 2.24) is 0 Å². The molecule has 2 rings (SSSR count). The van der Waals surface area contributed by atoms with E-state index in [1.807, 2.05) is 13.0 Å². The molecule has 1 heterocycles. The maximum atomic E-state index is 9.92. The van der Waals surface area contributed by atoms with Crippen molar-refractivity contribution in [2.24, 2.45) is 0 Å². The summed E-state index contributed by atoms with van der Waals surface area (Å²) in [5, 5.41) is 9.92. The van der Waals surface area contributed by atoms with Gasteiger partial charge in [-0.05, 0) is 24.1 Å². The Balaban J connectivity index is 2.34. The van der Waals surface area contributed by atoms with Crippen LogP contribution in [0.1, 0.15) is 31.4 Å². The van der Waals surface area contributed by atoms with Gasteiger partial charge in [0.15, 0.2) is 11.5 Å². The average Bonchev–Trinajstić information content (AvgIpc) is 2.75. The highest BCUT2D eigenvalue weighted by Crippen LogP contribution is 2.43. The summed E-state index contributed by atoms with van der Waals surface area (Å²) in [4.78, 5) is 0. The van der Waals surface area contributed by atoms with Crippen LogP contribution >= 0.6 is 0 Å². The monoisotopic (exact) mass is 224 g/mol. The molecule has 0 spiro atoms. The quantitative estimate of drug-likeness (QED) is 0.852. The summed E-state index contributed by atoms with van der Waals surface area (Å²) in [7, 11) is 1.58. The van der Waals surface area contributed by atoms with Crippen molar-refractivity contribution in [3.05, 3.63) is 17.7 Å². The van der Waals surface area contributed by atoms with E-state index in [0.717, 1.165) is 18.4 Å². The number of rotatable bonds is 4. The van der Waals surface area contributed by atoms with E-state index in [1.54, 1.807) is 13.2 Å². The molecule has 4 nitrogen and oxygen atoms in total. The standard InChI is InChI=1S/C12H16O4/c1-3-4-9(13)8-5-10(14-2)12-11(6-8)15-7-16-12/h5-6,9,13H,3-4,7H2,1-2H3. The fourth-order valence-electron chi connectivity index (χ4n) is 1.78. The molecule has 4 heteroatoms. The third-order valence-corrected chi connectivity index (χ3v) is 2.63. The minimum absolute atomic E-state index is 0.207. The van der Waals surface area contributed by atoms with Gasteiger partial charge in [-0.2, -0.15) is 0 Å². The number of fused-ring (bicyclic) bond motifs is 1. The summed E-state index contributed by atoms with van der Waals surface area (Å²) >= 11 is 0. The van der Waals surface area contributed by atoms with Crippen molar-refractivity contribution in [2.75, 3.05) is 13.9 Å². The highest BCUT2D eigenvalue weighted by Gasteiger charge is 2.21. The minimum atomic E-state index is -0.478. The van der Waals surface area contributed by atoms with E-state index in [9.17, 15) is 5.11 Å². The molecule has 0 amide bonds. The van der Waals surface area contributed by atoms with Gasteiger partial charge in [0, 0.05) is 0 Å². The molecule has 0 saturated heterocycles. The highest BCUT2D eigenvalue weighted by atomic mass is 16.7. The Kier molecular flexibility index (Phi) is 3.19. The van der Waals surface area contributed by atoms with Gasteiger partial charge in [-0.15, -0.1) is 0 Å². The number of ether oxygens (including phenoxy) is 3. The average molecular weight is 224 g/mol. The number of hydrogen-bond acceptors (Lipinski definition) is 4. The zero-order chi connectivity index (χ0) is 11.5. The van der Waals surface area contributed by atoms with Gasteiger partial charge in [0.2, 0.25) is 12.5 Å². The Bertz CT molecular complexity index is 376. The molecule has 1 atom stereocenters. The second-order valence-electron chi connectivity index (χ2n) is 3.76. The van der Waals surface area contributed by atoms with E-state index in [-0.39, 0.29) is 6.79 Å². The number of aliphatic hydroxyl groups excluding tert-OH is 1. The van der Waals surface area contributed by atoms with E-state index < -0.39 is 6.10 Å². The lowest BCUT2D eigenvalue weighted by atomic mass is 10.0. The van der Waals surface area contributed by atoms with Crippen molar-refractivity contribution in [3.63, 3.8) is 0 Å². The topological polar surface area (TPSA) is 47.9 Å². The Morgan fingerprint density at radius 2 is 2.25 bits per heavy atom. The van der Waals surface area contributed by atoms with Crippen LogP contribution in [0, 0.1) is 0 Å². The summed E-state index contributed by atoms with van der Waals surface area (Å²) in [6.45, 7) is 2.24.